The number of phenols is 1. The molecule has 1 aromatic carbocycles. The molecule has 0 atom stereocenters. The molecule has 0 aliphatic rings. The molecule has 0 unspecified atom stereocenters. The predicted molar refractivity (Wildman–Crippen MR) is 85.2 cm³/mol. The molecule has 0 fully saturated rings. The van der Waals surface area contributed by atoms with E-state index < -0.39 is 0 Å². The zero-order valence-corrected chi connectivity index (χ0v) is 12.7. The molecule has 0 bridgehead atoms. The zero-order chi connectivity index (χ0) is 14.8. The van der Waals surface area contributed by atoms with Crippen molar-refractivity contribution in [2.24, 2.45) is 5.10 Å². The van der Waals surface area contributed by atoms with E-state index in [1.165, 1.54) is 0 Å². The van der Waals surface area contributed by atoms with E-state index in [1.807, 2.05) is 13.8 Å². The van der Waals surface area contributed by atoms with Crippen molar-refractivity contribution in [2.75, 3.05) is 19.8 Å². The van der Waals surface area contributed by atoms with Crippen LogP contribution >= 0.6 is 12.2 Å². The third-order valence-corrected chi connectivity index (χ3v) is 2.80. The maximum absolute atomic E-state index is 9.22. The van der Waals surface area contributed by atoms with Crippen LogP contribution in [0.3, 0.4) is 0 Å². The lowest BCUT2D eigenvalue weighted by atomic mass is 10.1. The molecule has 0 radical (unpaired) electrons. The summed E-state index contributed by atoms with van der Waals surface area (Å²) in [5, 5.41) is 16.9. The van der Waals surface area contributed by atoms with Gasteiger partial charge in [0.1, 0.15) is 5.75 Å². The molecule has 1 rings (SSSR count). The van der Waals surface area contributed by atoms with Crippen molar-refractivity contribution in [3.05, 3.63) is 29.8 Å². The van der Waals surface area contributed by atoms with Crippen molar-refractivity contribution in [3.63, 3.8) is 0 Å². The number of aromatic hydroxyl groups is 1. The quantitative estimate of drug-likeness (QED) is 0.311. The summed E-state index contributed by atoms with van der Waals surface area (Å²) in [6.45, 7) is 6.05. The summed E-state index contributed by atoms with van der Waals surface area (Å²) in [6, 6.07) is 6.85. The van der Waals surface area contributed by atoms with Gasteiger partial charge in [0.05, 0.1) is 5.71 Å². The molecule has 0 heterocycles. The van der Waals surface area contributed by atoms with Gasteiger partial charge in [-0.05, 0) is 62.3 Å². The lowest BCUT2D eigenvalue weighted by molar-refractivity contribution is 0.145. The molecule has 0 aliphatic carbocycles. The normalized spacial score (nSPS) is 11.2. The Morgan fingerprint density at radius 2 is 2.05 bits per heavy atom. The smallest absolute Gasteiger partial charge is 0.186 e. The second-order valence-corrected chi connectivity index (χ2v) is 4.57. The average Bonchev–Trinajstić information content (AvgIpc) is 2.45. The summed E-state index contributed by atoms with van der Waals surface area (Å²) in [5.74, 6) is 0.237. The van der Waals surface area contributed by atoms with E-state index in [-0.39, 0.29) is 5.75 Å². The van der Waals surface area contributed by atoms with Crippen LogP contribution in [0.15, 0.2) is 29.4 Å². The molecule has 0 aromatic heterocycles. The largest absolute Gasteiger partial charge is 0.508 e. The molecule has 0 saturated carbocycles. The summed E-state index contributed by atoms with van der Waals surface area (Å²) in [5.41, 5.74) is 4.51. The van der Waals surface area contributed by atoms with Crippen molar-refractivity contribution >= 4 is 23.0 Å². The lowest BCUT2D eigenvalue weighted by Crippen LogP contribution is -2.33. The first-order valence-electron chi connectivity index (χ1n) is 6.58. The molecule has 3 N–H and O–H groups in total. The minimum Gasteiger partial charge on any atom is -0.508 e. The fourth-order valence-corrected chi connectivity index (χ4v) is 1.61. The van der Waals surface area contributed by atoms with Gasteiger partial charge < -0.3 is 15.2 Å². The summed E-state index contributed by atoms with van der Waals surface area (Å²) < 4.78 is 5.23. The van der Waals surface area contributed by atoms with E-state index in [1.54, 1.807) is 24.3 Å². The maximum Gasteiger partial charge on any atom is 0.186 e. The van der Waals surface area contributed by atoms with Crippen molar-refractivity contribution in [1.29, 1.82) is 0 Å². The fraction of sp³-hybridized carbons (Fsp3) is 0.429. The third-order valence-electron chi connectivity index (χ3n) is 2.57. The van der Waals surface area contributed by atoms with E-state index in [2.05, 4.69) is 15.8 Å². The highest BCUT2D eigenvalue weighted by Gasteiger charge is 1.98. The molecule has 1 aromatic rings. The third kappa shape index (κ3) is 6.49. The number of nitrogens with zero attached hydrogens (tertiary/aromatic N) is 1. The van der Waals surface area contributed by atoms with Crippen LogP contribution in [0.5, 0.6) is 5.75 Å². The summed E-state index contributed by atoms with van der Waals surface area (Å²) >= 11 is 5.11. The van der Waals surface area contributed by atoms with E-state index in [0.29, 0.717) is 5.11 Å². The minimum atomic E-state index is 0.237. The molecular weight excluding hydrogens is 274 g/mol. The molecule has 0 amide bonds. The van der Waals surface area contributed by atoms with Gasteiger partial charge in [-0.1, -0.05) is 0 Å². The molecule has 110 valence electrons. The van der Waals surface area contributed by atoms with Crippen LogP contribution in [0.1, 0.15) is 25.8 Å². The number of benzene rings is 1. The van der Waals surface area contributed by atoms with E-state index in [4.69, 9.17) is 17.0 Å². The first kappa shape index (κ1) is 16.4. The highest BCUT2D eigenvalue weighted by molar-refractivity contribution is 7.80. The van der Waals surface area contributed by atoms with Crippen molar-refractivity contribution in [2.45, 2.75) is 20.3 Å². The number of phenolic OH excluding ortho intramolecular Hbond substituents is 1. The predicted octanol–water partition coefficient (Wildman–Crippen LogP) is 2.01. The van der Waals surface area contributed by atoms with Crippen LogP contribution in [-0.2, 0) is 4.74 Å². The highest BCUT2D eigenvalue weighted by Crippen LogP contribution is 2.10. The number of ether oxygens (including phenoxy) is 1. The maximum atomic E-state index is 9.22. The standard InChI is InChI=1S/C14H21N3O2S/c1-3-19-10-4-9-15-14(20)17-16-11(2)12-5-7-13(18)8-6-12/h5-8,18H,3-4,9-10H2,1-2H3,(H2,15,17,20)/b16-11+. The Morgan fingerprint density at radius 1 is 1.35 bits per heavy atom. The Kier molecular flexibility index (Phi) is 7.60. The van der Waals surface area contributed by atoms with E-state index >= 15 is 0 Å². The number of hydrogen-bond donors (Lipinski definition) is 3. The first-order chi connectivity index (χ1) is 9.63. The van der Waals surface area contributed by atoms with E-state index in [0.717, 1.165) is 37.5 Å². The van der Waals surface area contributed by atoms with E-state index in [9.17, 15) is 5.11 Å². The Hall–Kier alpha value is -1.66. The van der Waals surface area contributed by atoms with Crippen molar-refractivity contribution in [3.8, 4) is 5.75 Å². The second kappa shape index (κ2) is 9.28. The van der Waals surface area contributed by atoms with Gasteiger partial charge in [-0.3, -0.25) is 5.43 Å². The molecule has 0 spiro atoms. The van der Waals surface area contributed by atoms with Crippen LogP contribution in [0.25, 0.3) is 0 Å². The fourth-order valence-electron chi connectivity index (χ4n) is 1.46. The van der Waals surface area contributed by atoms with Crippen LogP contribution in [0.4, 0.5) is 0 Å². The lowest BCUT2D eigenvalue weighted by Gasteiger charge is -2.08. The molecule has 20 heavy (non-hydrogen) atoms. The van der Waals surface area contributed by atoms with Gasteiger partial charge in [-0.15, -0.1) is 0 Å². The van der Waals surface area contributed by atoms with Crippen LogP contribution in [-0.4, -0.2) is 35.7 Å². The summed E-state index contributed by atoms with van der Waals surface area (Å²) in [7, 11) is 0. The number of nitrogens with one attached hydrogen (secondary N) is 2. The summed E-state index contributed by atoms with van der Waals surface area (Å²) in [4.78, 5) is 0. The summed E-state index contributed by atoms with van der Waals surface area (Å²) in [6.07, 6.45) is 0.899. The monoisotopic (exact) mass is 295 g/mol. The van der Waals surface area contributed by atoms with Crippen LogP contribution < -0.4 is 10.7 Å². The Balaban J connectivity index is 2.31. The van der Waals surface area contributed by atoms with Gasteiger partial charge in [-0.25, -0.2) is 0 Å². The van der Waals surface area contributed by atoms with Gasteiger partial charge in [0.2, 0.25) is 0 Å². The first-order valence-corrected chi connectivity index (χ1v) is 6.99. The molecule has 6 heteroatoms. The highest BCUT2D eigenvalue weighted by atomic mass is 32.1. The zero-order valence-electron chi connectivity index (χ0n) is 11.8. The minimum absolute atomic E-state index is 0.237. The molecule has 5 nitrogen and oxygen atoms in total. The Labute approximate surface area is 125 Å². The number of hydrazone groups is 1. The second-order valence-electron chi connectivity index (χ2n) is 4.16. The van der Waals surface area contributed by atoms with Crippen molar-refractivity contribution < 1.29 is 9.84 Å². The van der Waals surface area contributed by atoms with Crippen molar-refractivity contribution in [1.82, 2.24) is 10.7 Å². The Bertz CT molecular complexity index is 446. The van der Waals surface area contributed by atoms with Gasteiger partial charge in [0.25, 0.3) is 0 Å². The van der Waals surface area contributed by atoms with Gasteiger partial charge in [0, 0.05) is 19.8 Å². The molecule has 0 aliphatic heterocycles. The van der Waals surface area contributed by atoms with Gasteiger partial charge in [-0.2, -0.15) is 5.10 Å². The van der Waals surface area contributed by atoms with Crippen LogP contribution in [0.2, 0.25) is 0 Å². The SMILES string of the molecule is CCOCCCNC(=S)N/N=C(\C)c1ccc(O)cc1. The average molecular weight is 295 g/mol. The van der Waals surface area contributed by atoms with Gasteiger partial charge >= 0.3 is 0 Å². The number of hydrogen-bond acceptors (Lipinski definition) is 4. The molecular formula is C14H21N3O2S. The van der Waals surface area contributed by atoms with Gasteiger partial charge in [0.15, 0.2) is 5.11 Å². The number of thiocarbonyl (C=S) groups is 1. The molecule has 0 saturated heterocycles. The van der Waals surface area contributed by atoms with Crippen LogP contribution in [0, 0.1) is 0 Å². The number of rotatable bonds is 7. The Morgan fingerprint density at radius 3 is 2.70 bits per heavy atom. The topological polar surface area (TPSA) is 65.9 Å².